The lowest BCUT2D eigenvalue weighted by Crippen LogP contribution is -2.24. The summed E-state index contributed by atoms with van der Waals surface area (Å²) in [5, 5.41) is 8.31. The Balaban J connectivity index is 2.28. The Bertz CT molecular complexity index is 371. The van der Waals surface area contributed by atoms with Crippen LogP contribution < -0.4 is 4.90 Å². The van der Waals surface area contributed by atoms with Crippen LogP contribution in [-0.4, -0.2) is 23.3 Å². The number of rotatable bonds is 1. The van der Waals surface area contributed by atoms with E-state index in [1.54, 1.807) is 0 Å². The summed E-state index contributed by atoms with van der Waals surface area (Å²) < 4.78 is 0. The number of anilines is 1. The third-order valence-electron chi connectivity index (χ3n) is 3.31. The lowest BCUT2D eigenvalue weighted by Gasteiger charge is -2.22. The number of hydrogen-bond acceptors (Lipinski definition) is 3. The van der Waals surface area contributed by atoms with Gasteiger partial charge in [-0.1, -0.05) is 13.8 Å². The predicted octanol–water partition coefficient (Wildman–Crippen LogP) is 2.33. The first-order valence-corrected chi connectivity index (χ1v) is 5.53. The third-order valence-corrected chi connectivity index (χ3v) is 3.31. The van der Waals surface area contributed by atoms with Gasteiger partial charge in [-0.15, -0.1) is 5.10 Å². The molecule has 0 saturated carbocycles. The van der Waals surface area contributed by atoms with Crippen LogP contribution >= 0.6 is 0 Å². The molecule has 82 valence electrons. The minimum atomic E-state index is 0.415. The van der Waals surface area contributed by atoms with Gasteiger partial charge < -0.3 is 4.90 Å². The normalized spacial score (nSPS) is 19.6. The molecule has 0 amide bonds. The van der Waals surface area contributed by atoms with Gasteiger partial charge in [0.1, 0.15) is 0 Å². The summed E-state index contributed by atoms with van der Waals surface area (Å²) in [6, 6.07) is 0. The summed E-state index contributed by atoms with van der Waals surface area (Å²) in [6.07, 6.45) is 3.07. The van der Waals surface area contributed by atoms with E-state index in [0.29, 0.717) is 5.41 Å². The number of nitrogens with zero attached hydrogens (tertiary/aromatic N) is 3. The summed E-state index contributed by atoms with van der Waals surface area (Å²) in [4.78, 5) is 2.36. The van der Waals surface area contributed by atoms with E-state index in [2.05, 4.69) is 42.8 Å². The van der Waals surface area contributed by atoms with E-state index < -0.39 is 0 Å². The highest BCUT2D eigenvalue weighted by atomic mass is 15.3. The monoisotopic (exact) mass is 205 g/mol. The predicted molar refractivity (Wildman–Crippen MR) is 62.1 cm³/mol. The minimum Gasteiger partial charge on any atom is -0.354 e. The van der Waals surface area contributed by atoms with Crippen LogP contribution in [0.3, 0.4) is 0 Å². The van der Waals surface area contributed by atoms with Crippen molar-refractivity contribution in [3.05, 3.63) is 17.3 Å². The number of hydrogen-bond donors (Lipinski definition) is 0. The fourth-order valence-electron chi connectivity index (χ4n) is 2.11. The molecule has 2 heterocycles. The maximum Gasteiger partial charge on any atom is 0.154 e. The summed E-state index contributed by atoms with van der Waals surface area (Å²) in [5.74, 6) is 1.07. The molecule has 0 spiro atoms. The average Bonchev–Trinajstić information content (AvgIpc) is 2.51. The molecule has 1 fully saturated rings. The van der Waals surface area contributed by atoms with Crippen LogP contribution in [-0.2, 0) is 0 Å². The highest BCUT2D eigenvalue weighted by molar-refractivity contribution is 5.49. The van der Waals surface area contributed by atoms with E-state index in [4.69, 9.17) is 0 Å². The van der Waals surface area contributed by atoms with Gasteiger partial charge in [-0.25, -0.2) is 0 Å². The Hall–Kier alpha value is -1.12. The molecule has 2 rings (SSSR count). The molecule has 1 saturated heterocycles. The third kappa shape index (κ3) is 1.96. The van der Waals surface area contributed by atoms with E-state index in [1.807, 2.05) is 6.20 Å². The second-order valence-electron chi connectivity index (χ2n) is 5.31. The molecule has 3 nitrogen and oxygen atoms in total. The molecular formula is C12H19N3. The van der Waals surface area contributed by atoms with Crippen LogP contribution in [0.25, 0.3) is 0 Å². The smallest absolute Gasteiger partial charge is 0.154 e. The molecule has 0 radical (unpaired) electrons. The van der Waals surface area contributed by atoms with Gasteiger partial charge in [0.15, 0.2) is 5.82 Å². The largest absolute Gasteiger partial charge is 0.354 e. The highest BCUT2D eigenvalue weighted by Crippen LogP contribution is 2.32. The van der Waals surface area contributed by atoms with Gasteiger partial charge in [0.2, 0.25) is 0 Å². The summed E-state index contributed by atoms with van der Waals surface area (Å²) in [5.41, 5.74) is 2.91. The molecule has 1 aliphatic rings. The molecule has 1 aliphatic heterocycles. The zero-order valence-corrected chi connectivity index (χ0v) is 10.0. The molecular weight excluding hydrogens is 186 g/mol. The van der Waals surface area contributed by atoms with Crippen molar-refractivity contribution in [2.75, 3.05) is 18.0 Å². The Morgan fingerprint density at radius 1 is 1.33 bits per heavy atom. The van der Waals surface area contributed by atoms with Crippen molar-refractivity contribution in [3.63, 3.8) is 0 Å². The maximum absolute atomic E-state index is 4.26. The van der Waals surface area contributed by atoms with Crippen molar-refractivity contribution in [2.45, 2.75) is 34.1 Å². The second-order valence-corrected chi connectivity index (χ2v) is 5.31. The Labute approximate surface area is 91.5 Å². The zero-order chi connectivity index (χ0) is 11.1. The first-order chi connectivity index (χ1) is 6.99. The van der Waals surface area contributed by atoms with Crippen molar-refractivity contribution in [1.29, 1.82) is 0 Å². The van der Waals surface area contributed by atoms with Gasteiger partial charge in [0, 0.05) is 13.1 Å². The van der Waals surface area contributed by atoms with Crippen molar-refractivity contribution >= 4 is 5.82 Å². The molecule has 0 N–H and O–H groups in total. The van der Waals surface area contributed by atoms with Crippen molar-refractivity contribution < 1.29 is 0 Å². The number of aromatic nitrogens is 2. The molecule has 0 atom stereocenters. The Kier molecular flexibility index (Phi) is 2.41. The van der Waals surface area contributed by atoms with Crippen LogP contribution in [0.4, 0.5) is 5.82 Å². The Morgan fingerprint density at radius 3 is 2.67 bits per heavy atom. The quantitative estimate of drug-likeness (QED) is 0.704. The molecule has 0 aliphatic carbocycles. The average molecular weight is 205 g/mol. The van der Waals surface area contributed by atoms with Crippen molar-refractivity contribution in [3.8, 4) is 0 Å². The molecule has 15 heavy (non-hydrogen) atoms. The molecule has 0 aromatic carbocycles. The summed E-state index contributed by atoms with van der Waals surface area (Å²) in [6.45, 7) is 11.0. The second kappa shape index (κ2) is 3.47. The zero-order valence-electron chi connectivity index (χ0n) is 10.0. The van der Waals surface area contributed by atoms with Crippen molar-refractivity contribution in [1.82, 2.24) is 10.2 Å². The fourth-order valence-corrected chi connectivity index (χ4v) is 2.11. The Morgan fingerprint density at radius 2 is 2.07 bits per heavy atom. The van der Waals surface area contributed by atoms with Gasteiger partial charge in [0.05, 0.1) is 6.20 Å². The first kappa shape index (κ1) is 10.4. The van der Waals surface area contributed by atoms with Crippen molar-refractivity contribution in [2.24, 2.45) is 5.41 Å². The molecule has 1 aromatic rings. The van der Waals surface area contributed by atoms with Crippen LogP contribution in [0, 0.1) is 19.3 Å². The van der Waals surface area contributed by atoms with E-state index in [9.17, 15) is 0 Å². The summed E-state index contributed by atoms with van der Waals surface area (Å²) in [7, 11) is 0. The molecule has 1 aromatic heterocycles. The van der Waals surface area contributed by atoms with Gasteiger partial charge in [0.25, 0.3) is 0 Å². The first-order valence-electron chi connectivity index (χ1n) is 5.53. The van der Waals surface area contributed by atoms with Crippen LogP contribution in [0.5, 0.6) is 0 Å². The van der Waals surface area contributed by atoms with E-state index >= 15 is 0 Å². The topological polar surface area (TPSA) is 29.0 Å². The van der Waals surface area contributed by atoms with Gasteiger partial charge in [-0.05, 0) is 36.8 Å². The molecule has 0 unspecified atom stereocenters. The van der Waals surface area contributed by atoms with E-state index in [0.717, 1.165) is 18.9 Å². The van der Waals surface area contributed by atoms with E-state index in [1.165, 1.54) is 17.5 Å². The van der Waals surface area contributed by atoms with E-state index in [-0.39, 0.29) is 0 Å². The molecule has 3 heteroatoms. The van der Waals surface area contributed by atoms with Gasteiger partial charge in [-0.2, -0.15) is 5.10 Å². The van der Waals surface area contributed by atoms with Gasteiger partial charge in [-0.3, -0.25) is 0 Å². The molecule has 0 bridgehead atoms. The lowest BCUT2D eigenvalue weighted by atomic mass is 9.93. The number of aryl methyl sites for hydroxylation is 1. The lowest BCUT2D eigenvalue weighted by molar-refractivity contribution is 0.418. The minimum absolute atomic E-state index is 0.415. The van der Waals surface area contributed by atoms with Crippen LogP contribution in [0.15, 0.2) is 6.20 Å². The SMILES string of the molecule is Cc1cnnc(N2CCC(C)(C)C2)c1C. The fraction of sp³-hybridized carbons (Fsp3) is 0.667. The van der Waals surface area contributed by atoms with Crippen LogP contribution in [0.2, 0.25) is 0 Å². The van der Waals surface area contributed by atoms with Gasteiger partial charge >= 0.3 is 0 Å². The highest BCUT2D eigenvalue weighted by Gasteiger charge is 2.30. The standard InChI is InChI=1S/C12H19N3/c1-9-7-13-14-11(10(9)2)15-6-5-12(3,4)8-15/h7H,5-6,8H2,1-4H3. The maximum atomic E-state index is 4.26. The van der Waals surface area contributed by atoms with Crippen LogP contribution in [0.1, 0.15) is 31.4 Å². The summed E-state index contributed by atoms with van der Waals surface area (Å²) >= 11 is 0.